The molecule has 0 aromatic carbocycles. The van der Waals surface area contributed by atoms with Gasteiger partial charge in [0.25, 0.3) is 0 Å². The van der Waals surface area contributed by atoms with Gasteiger partial charge in [0.1, 0.15) is 0 Å². The van der Waals surface area contributed by atoms with Gasteiger partial charge in [-0.1, -0.05) is 20.3 Å². The van der Waals surface area contributed by atoms with Crippen LogP contribution in [0.2, 0.25) is 0 Å². The van der Waals surface area contributed by atoms with Crippen LogP contribution in [0, 0.1) is 0 Å². The van der Waals surface area contributed by atoms with Gasteiger partial charge in [-0.05, 0) is 32.2 Å². The molecule has 0 aromatic heterocycles. The van der Waals surface area contributed by atoms with Crippen LogP contribution >= 0.6 is 0 Å². The molecule has 1 rings (SSSR count). The zero-order chi connectivity index (χ0) is 11.6. The van der Waals surface area contributed by atoms with Crippen molar-refractivity contribution in [3.8, 4) is 0 Å². The third kappa shape index (κ3) is 5.83. The van der Waals surface area contributed by atoms with E-state index in [0.29, 0.717) is 12.1 Å². The Bertz CT molecular complexity index is 152. The molecule has 0 saturated carbocycles. The van der Waals surface area contributed by atoms with Gasteiger partial charge < -0.3 is 14.8 Å². The maximum atomic E-state index is 5.75. The van der Waals surface area contributed by atoms with E-state index in [4.69, 9.17) is 9.47 Å². The Morgan fingerprint density at radius 3 is 2.88 bits per heavy atom. The minimum absolute atomic E-state index is 0.345. The topological polar surface area (TPSA) is 30.5 Å². The summed E-state index contributed by atoms with van der Waals surface area (Å²) >= 11 is 0. The van der Waals surface area contributed by atoms with Gasteiger partial charge in [0.15, 0.2) is 0 Å². The third-order valence-corrected chi connectivity index (χ3v) is 3.03. The van der Waals surface area contributed by atoms with Crippen molar-refractivity contribution in [2.24, 2.45) is 0 Å². The van der Waals surface area contributed by atoms with Gasteiger partial charge in [-0.3, -0.25) is 0 Å². The lowest BCUT2D eigenvalue weighted by molar-refractivity contribution is -0.0443. The second-order valence-corrected chi connectivity index (χ2v) is 4.57. The lowest BCUT2D eigenvalue weighted by Gasteiger charge is -2.24. The first-order valence-corrected chi connectivity index (χ1v) is 6.79. The van der Waals surface area contributed by atoms with Crippen LogP contribution in [0.4, 0.5) is 0 Å². The summed E-state index contributed by atoms with van der Waals surface area (Å²) in [5, 5.41) is 3.46. The molecule has 0 aromatic rings. The minimum Gasteiger partial charge on any atom is -0.377 e. The molecule has 1 N–H and O–H groups in total. The highest BCUT2D eigenvalue weighted by molar-refractivity contribution is 4.66. The zero-order valence-electron chi connectivity index (χ0n) is 10.8. The summed E-state index contributed by atoms with van der Waals surface area (Å²) in [6.07, 6.45) is 6.42. The summed E-state index contributed by atoms with van der Waals surface area (Å²) in [6.45, 7) is 7.89. The first kappa shape index (κ1) is 13.9. The van der Waals surface area contributed by atoms with Crippen LogP contribution in [0.3, 0.4) is 0 Å². The van der Waals surface area contributed by atoms with E-state index in [2.05, 4.69) is 19.2 Å². The minimum atomic E-state index is 0.345. The summed E-state index contributed by atoms with van der Waals surface area (Å²) in [5.41, 5.74) is 0. The standard InChI is InChI=1S/C13H27NO2/c1-3-7-12(14-4-2)10-15-11-13-8-5-6-9-16-13/h12-14H,3-11H2,1-2H3. The Balaban J connectivity index is 2.06. The Labute approximate surface area is 99.9 Å². The predicted octanol–water partition coefficient (Wildman–Crippen LogP) is 2.35. The smallest absolute Gasteiger partial charge is 0.0808 e. The molecule has 1 aliphatic heterocycles. The summed E-state index contributed by atoms with van der Waals surface area (Å²) in [4.78, 5) is 0. The van der Waals surface area contributed by atoms with E-state index in [-0.39, 0.29) is 0 Å². The Morgan fingerprint density at radius 2 is 2.25 bits per heavy atom. The second-order valence-electron chi connectivity index (χ2n) is 4.57. The lowest BCUT2D eigenvalue weighted by Crippen LogP contribution is -2.35. The van der Waals surface area contributed by atoms with Gasteiger partial charge >= 0.3 is 0 Å². The molecule has 0 bridgehead atoms. The average molecular weight is 229 g/mol. The normalized spacial score (nSPS) is 23.2. The Kier molecular flexibility index (Phi) is 7.81. The van der Waals surface area contributed by atoms with E-state index in [1.54, 1.807) is 0 Å². The monoisotopic (exact) mass is 229 g/mol. The van der Waals surface area contributed by atoms with Crippen molar-refractivity contribution >= 4 is 0 Å². The van der Waals surface area contributed by atoms with Crippen LogP contribution in [0.5, 0.6) is 0 Å². The number of nitrogens with one attached hydrogen (secondary N) is 1. The van der Waals surface area contributed by atoms with Gasteiger partial charge in [0.05, 0.1) is 19.3 Å². The molecule has 0 amide bonds. The fraction of sp³-hybridized carbons (Fsp3) is 1.00. The SMILES string of the molecule is CCCC(COCC1CCCCO1)NCC. The van der Waals surface area contributed by atoms with Crippen LogP contribution in [0.1, 0.15) is 46.0 Å². The molecule has 0 radical (unpaired) electrons. The second kappa shape index (κ2) is 8.97. The van der Waals surface area contributed by atoms with Crippen molar-refractivity contribution in [2.75, 3.05) is 26.4 Å². The van der Waals surface area contributed by atoms with E-state index < -0.39 is 0 Å². The Hall–Kier alpha value is -0.120. The molecule has 1 heterocycles. The molecule has 1 aliphatic rings. The number of likely N-dealkylation sites (N-methyl/N-ethyl adjacent to an activating group) is 1. The average Bonchev–Trinajstić information content (AvgIpc) is 2.31. The molecule has 3 nitrogen and oxygen atoms in total. The van der Waals surface area contributed by atoms with Crippen LogP contribution in [-0.4, -0.2) is 38.5 Å². The largest absolute Gasteiger partial charge is 0.377 e. The number of hydrogen-bond acceptors (Lipinski definition) is 3. The number of hydrogen-bond donors (Lipinski definition) is 1. The van der Waals surface area contributed by atoms with Crippen molar-refractivity contribution in [1.82, 2.24) is 5.32 Å². The highest BCUT2D eigenvalue weighted by Gasteiger charge is 2.14. The highest BCUT2D eigenvalue weighted by atomic mass is 16.5. The van der Waals surface area contributed by atoms with Gasteiger partial charge in [-0.25, -0.2) is 0 Å². The summed E-state index contributed by atoms with van der Waals surface area (Å²) < 4.78 is 11.4. The third-order valence-electron chi connectivity index (χ3n) is 3.03. The first-order valence-electron chi connectivity index (χ1n) is 6.79. The van der Waals surface area contributed by atoms with Gasteiger partial charge in [-0.15, -0.1) is 0 Å². The van der Waals surface area contributed by atoms with Crippen LogP contribution in [0.25, 0.3) is 0 Å². The van der Waals surface area contributed by atoms with Gasteiger partial charge in [-0.2, -0.15) is 0 Å². The molecule has 0 spiro atoms. The van der Waals surface area contributed by atoms with Gasteiger partial charge in [0.2, 0.25) is 0 Å². The maximum Gasteiger partial charge on any atom is 0.0808 e. The molecule has 1 saturated heterocycles. The van der Waals surface area contributed by atoms with Crippen molar-refractivity contribution in [3.05, 3.63) is 0 Å². The van der Waals surface area contributed by atoms with Crippen molar-refractivity contribution in [3.63, 3.8) is 0 Å². The molecule has 96 valence electrons. The van der Waals surface area contributed by atoms with E-state index in [9.17, 15) is 0 Å². The highest BCUT2D eigenvalue weighted by Crippen LogP contribution is 2.12. The maximum absolute atomic E-state index is 5.75. The van der Waals surface area contributed by atoms with Crippen molar-refractivity contribution in [1.29, 1.82) is 0 Å². The number of ether oxygens (including phenoxy) is 2. The van der Waals surface area contributed by atoms with Crippen molar-refractivity contribution in [2.45, 2.75) is 58.1 Å². The number of rotatable bonds is 8. The van der Waals surface area contributed by atoms with E-state index >= 15 is 0 Å². The summed E-state index contributed by atoms with van der Waals surface area (Å²) in [7, 11) is 0. The van der Waals surface area contributed by atoms with Crippen LogP contribution < -0.4 is 5.32 Å². The molecule has 0 aliphatic carbocycles. The predicted molar refractivity (Wildman–Crippen MR) is 66.8 cm³/mol. The van der Waals surface area contributed by atoms with Crippen LogP contribution in [0.15, 0.2) is 0 Å². The quantitative estimate of drug-likeness (QED) is 0.693. The molecular weight excluding hydrogens is 202 g/mol. The molecule has 2 unspecified atom stereocenters. The van der Waals surface area contributed by atoms with Crippen molar-refractivity contribution < 1.29 is 9.47 Å². The molecule has 16 heavy (non-hydrogen) atoms. The van der Waals surface area contributed by atoms with Crippen LogP contribution in [-0.2, 0) is 9.47 Å². The molecular formula is C13H27NO2. The Morgan fingerprint density at radius 1 is 1.38 bits per heavy atom. The molecule has 2 atom stereocenters. The van der Waals surface area contributed by atoms with Gasteiger partial charge in [0, 0.05) is 12.6 Å². The molecule has 1 fully saturated rings. The zero-order valence-corrected chi connectivity index (χ0v) is 10.8. The fourth-order valence-electron chi connectivity index (χ4n) is 2.16. The summed E-state index contributed by atoms with van der Waals surface area (Å²) in [5.74, 6) is 0. The van der Waals surface area contributed by atoms with E-state index in [0.717, 1.165) is 26.4 Å². The molecule has 3 heteroatoms. The lowest BCUT2D eigenvalue weighted by atomic mass is 10.1. The van der Waals surface area contributed by atoms with E-state index in [1.165, 1.54) is 32.1 Å². The summed E-state index contributed by atoms with van der Waals surface area (Å²) in [6, 6.07) is 0.513. The first-order chi connectivity index (χ1) is 7.86. The fourth-order valence-corrected chi connectivity index (χ4v) is 2.16. The van der Waals surface area contributed by atoms with E-state index in [1.807, 2.05) is 0 Å².